The predicted octanol–water partition coefficient (Wildman–Crippen LogP) is 2.41. The molecule has 1 aromatic heterocycles. The van der Waals surface area contributed by atoms with E-state index in [2.05, 4.69) is 9.97 Å². The molecule has 0 amide bonds. The summed E-state index contributed by atoms with van der Waals surface area (Å²) < 4.78 is 5.46. The van der Waals surface area contributed by atoms with Gasteiger partial charge in [0.1, 0.15) is 0 Å². The lowest BCUT2D eigenvalue weighted by Crippen LogP contribution is -2.14. The molecule has 0 saturated carbocycles. The van der Waals surface area contributed by atoms with Gasteiger partial charge in [0, 0.05) is 31.0 Å². The van der Waals surface area contributed by atoms with Crippen LogP contribution in [0.3, 0.4) is 0 Å². The second-order valence-electron chi connectivity index (χ2n) is 4.51. The summed E-state index contributed by atoms with van der Waals surface area (Å²) >= 11 is 0. The van der Waals surface area contributed by atoms with Crippen molar-refractivity contribution in [3.8, 4) is 5.88 Å². The van der Waals surface area contributed by atoms with Crippen molar-refractivity contribution in [2.24, 2.45) is 5.73 Å². The quantitative estimate of drug-likeness (QED) is 0.905. The van der Waals surface area contributed by atoms with Crippen molar-refractivity contribution >= 4 is 11.6 Å². The molecule has 2 rings (SSSR count). The summed E-state index contributed by atoms with van der Waals surface area (Å²) in [6.07, 6.45) is 0. The van der Waals surface area contributed by atoms with Crippen LogP contribution in [0.1, 0.15) is 18.2 Å². The van der Waals surface area contributed by atoms with Crippen LogP contribution in [0.25, 0.3) is 0 Å². The molecule has 0 spiro atoms. The average molecular weight is 272 g/mol. The summed E-state index contributed by atoms with van der Waals surface area (Å²) in [4.78, 5) is 10.8. The zero-order valence-electron chi connectivity index (χ0n) is 12.1. The fourth-order valence-corrected chi connectivity index (χ4v) is 1.90. The Morgan fingerprint density at radius 1 is 1.25 bits per heavy atom. The van der Waals surface area contributed by atoms with Crippen molar-refractivity contribution < 1.29 is 4.74 Å². The zero-order chi connectivity index (χ0) is 14.5. The largest absolute Gasteiger partial charge is 0.478 e. The molecule has 5 heteroatoms. The lowest BCUT2D eigenvalue weighted by Gasteiger charge is -2.19. The van der Waals surface area contributed by atoms with E-state index in [-0.39, 0.29) is 0 Å². The molecule has 0 atom stereocenters. The van der Waals surface area contributed by atoms with Crippen molar-refractivity contribution in [3.05, 3.63) is 41.6 Å². The molecule has 0 unspecified atom stereocenters. The summed E-state index contributed by atoms with van der Waals surface area (Å²) in [7, 11) is 1.93. The molecule has 0 aliphatic heterocycles. The van der Waals surface area contributed by atoms with Gasteiger partial charge in [-0.05, 0) is 31.5 Å². The van der Waals surface area contributed by atoms with Crippen molar-refractivity contribution in [1.82, 2.24) is 9.97 Å². The number of rotatable bonds is 5. The van der Waals surface area contributed by atoms with Gasteiger partial charge in [-0.15, -0.1) is 0 Å². The third-order valence-corrected chi connectivity index (χ3v) is 2.94. The first-order chi connectivity index (χ1) is 9.63. The molecule has 106 valence electrons. The molecule has 0 bridgehead atoms. The second-order valence-corrected chi connectivity index (χ2v) is 4.51. The first-order valence-corrected chi connectivity index (χ1v) is 6.65. The minimum absolute atomic E-state index is 0.514. The highest BCUT2D eigenvalue weighted by molar-refractivity contribution is 5.57. The van der Waals surface area contributed by atoms with Gasteiger partial charge >= 0.3 is 0 Å². The Hall–Kier alpha value is -2.14. The lowest BCUT2D eigenvalue weighted by atomic mass is 10.2. The topological polar surface area (TPSA) is 64.3 Å². The Morgan fingerprint density at radius 3 is 2.75 bits per heavy atom. The average Bonchev–Trinajstić information content (AvgIpc) is 2.46. The van der Waals surface area contributed by atoms with Crippen LogP contribution in [0.4, 0.5) is 11.6 Å². The van der Waals surface area contributed by atoms with Crippen molar-refractivity contribution in [2.45, 2.75) is 20.4 Å². The Kier molecular flexibility index (Phi) is 4.53. The molecule has 1 aromatic carbocycles. The number of hydrogen-bond acceptors (Lipinski definition) is 5. The van der Waals surface area contributed by atoms with E-state index in [9.17, 15) is 0 Å². The Labute approximate surface area is 119 Å². The molecular formula is C15H20N4O. The SMILES string of the molecule is CCOc1cc(C)nc(N(C)c2cccc(CN)c2)n1. The fourth-order valence-electron chi connectivity index (χ4n) is 1.90. The maximum atomic E-state index is 5.68. The maximum absolute atomic E-state index is 5.68. The summed E-state index contributed by atoms with van der Waals surface area (Å²) in [5, 5.41) is 0. The summed E-state index contributed by atoms with van der Waals surface area (Å²) in [5.74, 6) is 1.21. The van der Waals surface area contributed by atoms with Crippen LogP contribution in [0.5, 0.6) is 5.88 Å². The van der Waals surface area contributed by atoms with Crippen LogP contribution in [0.2, 0.25) is 0 Å². The van der Waals surface area contributed by atoms with Gasteiger partial charge in [0.05, 0.1) is 6.61 Å². The molecule has 1 heterocycles. The standard InChI is InChI=1S/C15H20N4O/c1-4-20-14-8-11(2)17-15(18-14)19(3)13-7-5-6-12(9-13)10-16/h5-9H,4,10,16H2,1-3H3. The Morgan fingerprint density at radius 2 is 2.05 bits per heavy atom. The number of aromatic nitrogens is 2. The van der Waals surface area contributed by atoms with Crippen LogP contribution < -0.4 is 15.4 Å². The van der Waals surface area contributed by atoms with Gasteiger partial charge in [0.25, 0.3) is 0 Å². The molecule has 5 nitrogen and oxygen atoms in total. The molecule has 0 fully saturated rings. The summed E-state index contributed by atoms with van der Waals surface area (Å²) in [6, 6.07) is 9.85. The van der Waals surface area contributed by atoms with E-state index in [1.54, 1.807) is 0 Å². The number of ether oxygens (including phenoxy) is 1. The number of anilines is 2. The van der Waals surface area contributed by atoms with E-state index in [1.165, 1.54) is 0 Å². The van der Waals surface area contributed by atoms with E-state index < -0.39 is 0 Å². The minimum atomic E-state index is 0.514. The number of nitrogens with two attached hydrogens (primary N) is 1. The Bertz CT molecular complexity index is 586. The van der Waals surface area contributed by atoms with Crippen LogP contribution in [0.15, 0.2) is 30.3 Å². The van der Waals surface area contributed by atoms with E-state index >= 15 is 0 Å². The van der Waals surface area contributed by atoms with Crippen LogP contribution in [-0.4, -0.2) is 23.6 Å². The third kappa shape index (κ3) is 3.24. The molecule has 2 aromatic rings. The maximum Gasteiger partial charge on any atom is 0.233 e. The highest BCUT2D eigenvalue weighted by Crippen LogP contribution is 2.23. The van der Waals surface area contributed by atoms with Crippen LogP contribution in [-0.2, 0) is 6.54 Å². The summed E-state index contributed by atoms with van der Waals surface area (Å²) in [5.41, 5.74) is 8.63. The van der Waals surface area contributed by atoms with Crippen molar-refractivity contribution in [3.63, 3.8) is 0 Å². The molecule has 2 N–H and O–H groups in total. The van der Waals surface area contributed by atoms with Crippen LogP contribution in [0, 0.1) is 6.92 Å². The van der Waals surface area contributed by atoms with Gasteiger partial charge in [-0.2, -0.15) is 4.98 Å². The first-order valence-electron chi connectivity index (χ1n) is 6.65. The monoisotopic (exact) mass is 272 g/mol. The van der Waals surface area contributed by atoms with Gasteiger partial charge in [-0.1, -0.05) is 12.1 Å². The van der Waals surface area contributed by atoms with Gasteiger partial charge in [-0.25, -0.2) is 4.98 Å². The van der Waals surface area contributed by atoms with Crippen molar-refractivity contribution in [1.29, 1.82) is 0 Å². The number of aryl methyl sites for hydroxylation is 1. The van der Waals surface area contributed by atoms with Gasteiger partial charge in [0.15, 0.2) is 0 Å². The molecule has 0 aliphatic carbocycles. The molecular weight excluding hydrogens is 252 g/mol. The third-order valence-electron chi connectivity index (χ3n) is 2.94. The van der Waals surface area contributed by atoms with Crippen molar-refractivity contribution in [2.75, 3.05) is 18.6 Å². The van der Waals surface area contributed by atoms with Gasteiger partial charge in [0.2, 0.25) is 11.8 Å². The smallest absolute Gasteiger partial charge is 0.233 e. The van der Waals surface area contributed by atoms with Gasteiger partial charge in [-0.3, -0.25) is 0 Å². The second kappa shape index (κ2) is 6.34. The molecule has 0 saturated heterocycles. The lowest BCUT2D eigenvalue weighted by molar-refractivity contribution is 0.326. The van der Waals surface area contributed by atoms with E-state index in [0.717, 1.165) is 16.9 Å². The predicted molar refractivity (Wildman–Crippen MR) is 80.3 cm³/mol. The summed E-state index contributed by atoms with van der Waals surface area (Å²) in [6.45, 7) is 4.96. The molecule has 0 radical (unpaired) electrons. The molecule has 0 aliphatic rings. The minimum Gasteiger partial charge on any atom is -0.478 e. The van der Waals surface area contributed by atoms with E-state index in [4.69, 9.17) is 10.5 Å². The zero-order valence-corrected chi connectivity index (χ0v) is 12.1. The van der Waals surface area contributed by atoms with Crippen LogP contribution >= 0.6 is 0 Å². The fraction of sp³-hybridized carbons (Fsp3) is 0.333. The number of benzene rings is 1. The number of hydrogen-bond donors (Lipinski definition) is 1. The highest BCUT2D eigenvalue weighted by Gasteiger charge is 2.10. The highest BCUT2D eigenvalue weighted by atomic mass is 16.5. The number of nitrogens with zero attached hydrogens (tertiary/aromatic N) is 3. The molecule has 20 heavy (non-hydrogen) atoms. The normalized spacial score (nSPS) is 10.4. The van der Waals surface area contributed by atoms with Gasteiger partial charge < -0.3 is 15.4 Å². The Balaban J connectivity index is 2.34. The van der Waals surface area contributed by atoms with E-state index in [0.29, 0.717) is 25.0 Å². The first kappa shape index (κ1) is 14.3. The van der Waals surface area contributed by atoms with E-state index in [1.807, 2.05) is 56.1 Å².